The van der Waals surface area contributed by atoms with E-state index < -0.39 is 34.7 Å². The van der Waals surface area contributed by atoms with Gasteiger partial charge in [0.25, 0.3) is 0 Å². The molecule has 1 aliphatic heterocycles. The largest absolute Gasteiger partial charge is 0.483 e. The van der Waals surface area contributed by atoms with Crippen LogP contribution in [0.5, 0.6) is 5.75 Å². The lowest BCUT2D eigenvalue weighted by Crippen LogP contribution is -2.46. The molecule has 3 heterocycles. The third-order valence-electron chi connectivity index (χ3n) is 7.72. The standard InChI is InChI=1S/C31H27F5N6O/c1-40-16-20(13-19-11-7-8-12-24(19)40)41(2)30-37-15-22-27(39-42(3)29(22)38-30)21-14-23(31(34,35)36)26(33)28(25(21)32)43-17-18-9-5-4-6-10-18/h4-12,14-15,20H,13,16-17H2,1-3H3/t20-/m1/s1. The highest BCUT2D eigenvalue weighted by atomic mass is 19.4. The van der Waals surface area contributed by atoms with Crippen LogP contribution in [0.4, 0.5) is 33.6 Å². The third kappa shape index (κ3) is 5.21. The second-order valence-corrected chi connectivity index (χ2v) is 10.6. The number of ether oxygens (including phenoxy) is 1. The van der Waals surface area contributed by atoms with Gasteiger partial charge in [-0.3, -0.25) is 0 Å². The van der Waals surface area contributed by atoms with Gasteiger partial charge >= 0.3 is 6.18 Å². The molecule has 1 aliphatic rings. The lowest BCUT2D eigenvalue weighted by molar-refractivity contribution is -0.140. The molecule has 7 nitrogen and oxygen atoms in total. The molecule has 0 bridgehead atoms. The van der Waals surface area contributed by atoms with Crippen LogP contribution >= 0.6 is 0 Å². The van der Waals surface area contributed by atoms with Gasteiger partial charge in [0.2, 0.25) is 5.95 Å². The normalized spacial score (nSPS) is 15.1. The van der Waals surface area contributed by atoms with Gasteiger partial charge in [0.05, 0.1) is 17.0 Å². The summed E-state index contributed by atoms with van der Waals surface area (Å²) >= 11 is 0. The number of nitrogens with zero attached hydrogens (tertiary/aromatic N) is 6. The predicted octanol–water partition coefficient (Wildman–Crippen LogP) is 6.40. The molecule has 1 atom stereocenters. The Hall–Kier alpha value is -4.74. The van der Waals surface area contributed by atoms with Crippen LogP contribution in [0.15, 0.2) is 66.9 Å². The van der Waals surface area contributed by atoms with Gasteiger partial charge in [-0.1, -0.05) is 48.5 Å². The van der Waals surface area contributed by atoms with Crippen molar-refractivity contribution in [3.8, 4) is 17.0 Å². The van der Waals surface area contributed by atoms with Crippen LogP contribution in [-0.2, 0) is 26.3 Å². The first-order chi connectivity index (χ1) is 20.5. The topological polar surface area (TPSA) is 59.3 Å². The molecule has 0 fully saturated rings. The van der Waals surface area contributed by atoms with Gasteiger partial charge in [0.1, 0.15) is 12.3 Å². The summed E-state index contributed by atoms with van der Waals surface area (Å²) in [5, 5.41) is 4.50. The molecular weight excluding hydrogens is 567 g/mol. The van der Waals surface area contributed by atoms with Gasteiger partial charge in [-0.05, 0) is 29.7 Å². The summed E-state index contributed by atoms with van der Waals surface area (Å²) in [6, 6.07) is 16.9. The number of likely N-dealkylation sites (N-methyl/N-ethyl adjacent to an activating group) is 2. The molecule has 222 valence electrons. The number of benzene rings is 3. The number of hydrogen-bond acceptors (Lipinski definition) is 6. The molecule has 0 aliphatic carbocycles. The van der Waals surface area contributed by atoms with Crippen LogP contribution in [0.3, 0.4) is 0 Å². The highest BCUT2D eigenvalue weighted by Crippen LogP contribution is 2.42. The Bertz CT molecular complexity index is 1810. The van der Waals surface area contributed by atoms with Gasteiger partial charge in [-0.15, -0.1) is 0 Å². The van der Waals surface area contributed by atoms with Gasteiger partial charge in [0.15, 0.2) is 23.0 Å². The van der Waals surface area contributed by atoms with Crippen LogP contribution in [0, 0.1) is 11.6 Å². The summed E-state index contributed by atoms with van der Waals surface area (Å²) in [5.41, 5.74) is 0.760. The first kappa shape index (κ1) is 28.4. The van der Waals surface area contributed by atoms with E-state index in [-0.39, 0.29) is 29.4 Å². The van der Waals surface area contributed by atoms with Crippen molar-refractivity contribution in [3.05, 3.63) is 95.2 Å². The maximum absolute atomic E-state index is 15.8. The zero-order chi connectivity index (χ0) is 30.5. The minimum Gasteiger partial charge on any atom is -0.483 e. The van der Waals surface area contributed by atoms with E-state index in [2.05, 4.69) is 32.1 Å². The fourth-order valence-corrected chi connectivity index (χ4v) is 5.46. The Morgan fingerprint density at radius 3 is 2.47 bits per heavy atom. The monoisotopic (exact) mass is 594 g/mol. The van der Waals surface area contributed by atoms with Crippen molar-refractivity contribution in [1.82, 2.24) is 19.7 Å². The van der Waals surface area contributed by atoms with E-state index in [0.29, 0.717) is 17.6 Å². The number of alkyl halides is 3. The maximum Gasteiger partial charge on any atom is 0.419 e. The Labute approximate surface area is 244 Å². The number of para-hydroxylation sites is 1. The number of anilines is 2. The minimum absolute atomic E-state index is 0.0401. The first-order valence-corrected chi connectivity index (χ1v) is 13.5. The summed E-state index contributed by atoms with van der Waals surface area (Å²) in [4.78, 5) is 13.2. The molecule has 0 radical (unpaired) electrons. The zero-order valence-corrected chi connectivity index (χ0v) is 23.5. The maximum atomic E-state index is 15.8. The van der Waals surface area contributed by atoms with Crippen LogP contribution in [0.1, 0.15) is 16.7 Å². The van der Waals surface area contributed by atoms with Crippen molar-refractivity contribution in [2.45, 2.75) is 25.2 Å². The number of rotatable bonds is 6. The second-order valence-electron chi connectivity index (χ2n) is 10.6. The molecule has 0 saturated carbocycles. The van der Waals surface area contributed by atoms with E-state index in [1.807, 2.05) is 31.1 Å². The summed E-state index contributed by atoms with van der Waals surface area (Å²) < 4.78 is 79.2. The average molecular weight is 595 g/mol. The lowest BCUT2D eigenvalue weighted by atomic mass is 9.97. The Kier molecular flexibility index (Phi) is 7.15. The van der Waals surface area contributed by atoms with Crippen LogP contribution in [0.2, 0.25) is 0 Å². The molecule has 0 amide bonds. The Morgan fingerprint density at radius 2 is 1.72 bits per heavy atom. The summed E-state index contributed by atoms with van der Waals surface area (Å²) in [5.74, 6) is -3.88. The van der Waals surface area contributed by atoms with E-state index in [0.717, 1.165) is 18.7 Å². The number of halogens is 5. The van der Waals surface area contributed by atoms with Crippen molar-refractivity contribution in [2.24, 2.45) is 7.05 Å². The quantitative estimate of drug-likeness (QED) is 0.212. The molecule has 12 heteroatoms. The van der Waals surface area contributed by atoms with Gasteiger partial charge in [-0.25, -0.2) is 18.4 Å². The summed E-state index contributed by atoms with van der Waals surface area (Å²) in [6.45, 7) is 0.385. The third-order valence-corrected chi connectivity index (χ3v) is 7.72. The molecule has 0 saturated heterocycles. The molecule has 0 unspecified atom stereocenters. The summed E-state index contributed by atoms with van der Waals surface area (Å²) in [7, 11) is 5.43. The van der Waals surface area contributed by atoms with Gasteiger partial charge < -0.3 is 14.5 Å². The number of hydrogen-bond donors (Lipinski definition) is 0. The van der Waals surface area contributed by atoms with Crippen molar-refractivity contribution in [3.63, 3.8) is 0 Å². The van der Waals surface area contributed by atoms with Crippen LogP contribution in [0.25, 0.3) is 22.3 Å². The van der Waals surface area contributed by atoms with Crippen molar-refractivity contribution >= 4 is 22.7 Å². The Balaban J connectivity index is 1.38. The molecule has 6 rings (SSSR count). The summed E-state index contributed by atoms with van der Waals surface area (Å²) in [6.07, 6.45) is -2.94. The fourth-order valence-electron chi connectivity index (χ4n) is 5.46. The molecule has 5 aromatic rings. The van der Waals surface area contributed by atoms with Crippen molar-refractivity contribution in [1.29, 1.82) is 0 Å². The molecular formula is C31H27F5N6O. The van der Waals surface area contributed by atoms with Crippen LogP contribution < -0.4 is 14.5 Å². The van der Waals surface area contributed by atoms with Crippen molar-refractivity contribution < 1.29 is 26.7 Å². The molecule has 0 N–H and O–H groups in total. The highest BCUT2D eigenvalue weighted by molar-refractivity contribution is 5.91. The zero-order valence-electron chi connectivity index (χ0n) is 23.5. The second kappa shape index (κ2) is 10.8. The molecule has 43 heavy (non-hydrogen) atoms. The minimum atomic E-state index is -5.11. The predicted molar refractivity (Wildman–Crippen MR) is 153 cm³/mol. The van der Waals surface area contributed by atoms with Gasteiger partial charge in [0, 0.05) is 45.1 Å². The van der Waals surface area contributed by atoms with E-state index in [1.54, 1.807) is 37.4 Å². The van der Waals surface area contributed by atoms with Crippen molar-refractivity contribution in [2.75, 3.05) is 30.4 Å². The van der Waals surface area contributed by atoms with E-state index in [4.69, 9.17) is 4.74 Å². The van der Waals surface area contributed by atoms with E-state index in [9.17, 15) is 13.2 Å². The molecule has 0 spiro atoms. The SMILES string of the molecule is CN1C[C@H](N(C)c2ncc3c(-c4cc(C(F)(F)F)c(F)c(OCc5ccccc5)c4F)nn(C)c3n2)Cc2ccccc21. The highest BCUT2D eigenvalue weighted by Gasteiger charge is 2.39. The Morgan fingerprint density at radius 1 is 1.00 bits per heavy atom. The van der Waals surface area contributed by atoms with Crippen LogP contribution in [-0.4, -0.2) is 46.4 Å². The van der Waals surface area contributed by atoms with E-state index >= 15 is 8.78 Å². The number of fused-ring (bicyclic) bond motifs is 2. The molecule has 3 aromatic carbocycles. The number of aromatic nitrogens is 4. The first-order valence-electron chi connectivity index (χ1n) is 13.5. The lowest BCUT2D eigenvalue weighted by Gasteiger charge is -2.38. The molecule has 2 aromatic heterocycles. The van der Waals surface area contributed by atoms with Gasteiger partial charge in [-0.2, -0.15) is 23.3 Å². The number of aryl methyl sites for hydroxylation is 1. The fraction of sp³-hybridized carbons (Fsp3) is 0.258. The van der Waals surface area contributed by atoms with E-state index in [1.165, 1.54) is 16.4 Å². The average Bonchev–Trinajstić information content (AvgIpc) is 3.31. The smallest absolute Gasteiger partial charge is 0.419 e.